The minimum atomic E-state index is 0.0803. The Morgan fingerprint density at radius 3 is 2.68 bits per heavy atom. The lowest BCUT2D eigenvalue weighted by Crippen LogP contribution is -2.05. The molecule has 0 bridgehead atoms. The Morgan fingerprint density at radius 2 is 2.00 bits per heavy atom. The summed E-state index contributed by atoms with van der Waals surface area (Å²) in [5, 5.41) is 0. The van der Waals surface area contributed by atoms with E-state index in [1.54, 1.807) is 0 Å². The van der Waals surface area contributed by atoms with Crippen LogP contribution < -0.4 is 0 Å². The first-order valence-electron chi connectivity index (χ1n) is 6.34. The summed E-state index contributed by atoms with van der Waals surface area (Å²) in [6, 6.07) is 10.3. The summed E-state index contributed by atoms with van der Waals surface area (Å²) in [6.45, 7) is 6.14. The average molecular weight is 272 g/mol. The molecule has 4 heteroatoms. The van der Waals surface area contributed by atoms with E-state index >= 15 is 0 Å². The second-order valence-corrected chi connectivity index (χ2v) is 5.28. The second kappa shape index (κ2) is 4.38. The van der Waals surface area contributed by atoms with Crippen LogP contribution in [0.2, 0.25) is 0 Å². The number of nitrogens with one attached hydrogen (secondary N) is 1. The fourth-order valence-electron chi connectivity index (χ4n) is 2.48. The van der Waals surface area contributed by atoms with Gasteiger partial charge in [-0.25, -0.2) is 0 Å². The summed E-state index contributed by atoms with van der Waals surface area (Å²) in [6.07, 6.45) is 0. The van der Waals surface area contributed by atoms with E-state index in [0.717, 1.165) is 27.3 Å². The number of benzene rings is 1. The number of hydrogen-bond acceptors (Lipinski definition) is 2. The Hall–Kier alpha value is -1.81. The Labute approximate surface area is 116 Å². The van der Waals surface area contributed by atoms with Gasteiger partial charge in [0.25, 0.3) is 0 Å². The van der Waals surface area contributed by atoms with Crippen molar-refractivity contribution < 1.29 is 4.42 Å². The van der Waals surface area contributed by atoms with Crippen LogP contribution in [0.25, 0.3) is 11.0 Å². The molecule has 0 spiro atoms. The summed E-state index contributed by atoms with van der Waals surface area (Å²) in [5.74, 6) is 1.85. The molecule has 1 aromatic carbocycles. The highest BCUT2D eigenvalue weighted by Crippen LogP contribution is 2.26. The largest absolute Gasteiger partial charge is 0.464 e. The van der Waals surface area contributed by atoms with Crippen LogP contribution in [0.15, 0.2) is 34.7 Å². The molecule has 2 aromatic heterocycles. The minimum absolute atomic E-state index is 0.0803. The predicted octanol–water partition coefficient (Wildman–Crippen LogP) is 4.52. The van der Waals surface area contributed by atoms with Gasteiger partial charge in [0.2, 0.25) is 0 Å². The number of nitrogens with zero attached hydrogens (tertiary/aromatic N) is 1. The van der Waals surface area contributed by atoms with Crippen LogP contribution in [0.4, 0.5) is 0 Å². The molecule has 1 unspecified atom stereocenters. The van der Waals surface area contributed by atoms with Crippen molar-refractivity contribution in [3.8, 4) is 0 Å². The third-order valence-electron chi connectivity index (χ3n) is 3.52. The highest BCUT2D eigenvalue weighted by molar-refractivity contribution is 7.71. The molecule has 0 aliphatic heterocycles. The fraction of sp³-hybridized carbons (Fsp3) is 0.267. The molecule has 0 aliphatic rings. The van der Waals surface area contributed by atoms with Gasteiger partial charge >= 0.3 is 0 Å². The molecule has 0 saturated heterocycles. The number of imidazole rings is 1. The lowest BCUT2D eigenvalue weighted by atomic mass is 10.2. The molecule has 0 amide bonds. The first kappa shape index (κ1) is 12.2. The highest BCUT2D eigenvalue weighted by atomic mass is 32.1. The van der Waals surface area contributed by atoms with E-state index in [1.807, 2.05) is 19.1 Å². The summed E-state index contributed by atoms with van der Waals surface area (Å²) in [4.78, 5) is 3.29. The molecule has 0 saturated carbocycles. The van der Waals surface area contributed by atoms with Crippen LogP contribution in [0.5, 0.6) is 0 Å². The molecule has 1 N–H and O–H groups in total. The van der Waals surface area contributed by atoms with Gasteiger partial charge < -0.3 is 14.0 Å². The van der Waals surface area contributed by atoms with Gasteiger partial charge in [-0.15, -0.1) is 0 Å². The Morgan fingerprint density at radius 1 is 1.21 bits per heavy atom. The topological polar surface area (TPSA) is 33.9 Å². The molecule has 3 rings (SSSR count). The number of rotatable bonds is 2. The van der Waals surface area contributed by atoms with E-state index < -0.39 is 0 Å². The number of furan rings is 1. The number of aromatic nitrogens is 2. The average Bonchev–Trinajstić information content (AvgIpc) is 2.93. The molecule has 3 aromatic rings. The van der Waals surface area contributed by atoms with Crippen LogP contribution in [-0.4, -0.2) is 9.55 Å². The maximum atomic E-state index is 5.72. The number of fused-ring (bicyclic) bond motifs is 1. The van der Waals surface area contributed by atoms with Gasteiger partial charge in [-0.2, -0.15) is 0 Å². The van der Waals surface area contributed by atoms with E-state index in [4.69, 9.17) is 16.6 Å². The van der Waals surface area contributed by atoms with Crippen molar-refractivity contribution in [1.29, 1.82) is 0 Å². The minimum Gasteiger partial charge on any atom is -0.464 e. The molecule has 0 aliphatic carbocycles. The normalized spacial score (nSPS) is 13.0. The number of H-pyrrole nitrogens is 1. The zero-order valence-corrected chi connectivity index (χ0v) is 12.0. The van der Waals surface area contributed by atoms with E-state index in [1.165, 1.54) is 5.56 Å². The van der Waals surface area contributed by atoms with Crippen molar-refractivity contribution in [2.45, 2.75) is 26.8 Å². The highest BCUT2D eigenvalue weighted by Gasteiger charge is 2.16. The quantitative estimate of drug-likeness (QED) is 0.696. The molecule has 3 nitrogen and oxygen atoms in total. The van der Waals surface area contributed by atoms with Gasteiger partial charge in [-0.05, 0) is 56.8 Å². The van der Waals surface area contributed by atoms with Crippen LogP contribution in [0.3, 0.4) is 0 Å². The van der Waals surface area contributed by atoms with Gasteiger partial charge in [0.15, 0.2) is 4.77 Å². The fourth-order valence-corrected chi connectivity index (χ4v) is 2.84. The second-order valence-electron chi connectivity index (χ2n) is 4.89. The molecular weight excluding hydrogens is 256 g/mol. The predicted molar refractivity (Wildman–Crippen MR) is 79.1 cm³/mol. The van der Waals surface area contributed by atoms with E-state index in [-0.39, 0.29) is 6.04 Å². The van der Waals surface area contributed by atoms with Crippen molar-refractivity contribution in [3.05, 3.63) is 52.2 Å². The first-order valence-corrected chi connectivity index (χ1v) is 6.75. The lowest BCUT2D eigenvalue weighted by Gasteiger charge is -2.12. The van der Waals surface area contributed by atoms with Crippen LogP contribution >= 0.6 is 12.2 Å². The summed E-state index contributed by atoms with van der Waals surface area (Å²) in [5.41, 5.74) is 3.42. The summed E-state index contributed by atoms with van der Waals surface area (Å²) < 4.78 is 8.56. The molecule has 0 radical (unpaired) electrons. The van der Waals surface area contributed by atoms with Gasteiger partial charge in [0.1, 0.15) is 11.5 Å². The van der Waals surface area contributed by atoms with Crippen molar-refractivity contribution in [3.63, 3.8) is 0 Å². The lowest BCUT2D eigenvalue weighted by molar-refractivity contribution is 0.431. The Balaban J connectivity index is 2.23. The van der Waals surface area contributed by atoms with Crippen molar-refractivity contribution in [2.75, 3.05) is 0 Å². The number of hydrogen-bond donors (Lipinski definition) is 1. The van der Waals surface area contributed by atoms with E-state index in [9.17, 15) is 0 Å². The van der Waals surface area contributed by atoms with E-state index in [2.05, 4.69) is 41.6 Å². The van der Waals surface area contributed by atoms with Crippen LogP contribution in [0, 0.1) is 18.6 Å². The maximum absolute atomic E-state index is 5.72. The third-order valence-corrected chi connectivity index (χ3v) is 3.82. The van der Waals surface area contributed by atoms with Gasteiger partial charge in [-0.3, -0.25) is 0 Å². The summed E-state index contributed by atoms with van der Waals surface area (Å²) >= 11 is 5.46. The number of aryl methyl sites for hydroxylation is 2. The van der Waals surface area contributed by atoms with Crippen molar-refractivity contribution >= 4 is 23.3 Å². The monoisotopic (exact) mass is 272 g/mol. The zero-order chi connectivity index (χ0) is 13.6. The molecular formula is C15H16N2OS. The molecule has 1 atom stereocenters. The Bertz CT molecular complexity index is 794. The van der Waals surface area contributed by atoms with Crippen LogP contribution in [0.1, 0.15) is 30.0 Å². The zero-order valence-electron chi connectivity index (χ0n) is 11.2. The van der Waals surface area contributed by atoms with Gasteiger partial charge in [0.05, 0.1) is 17.1 Å². The molecule has 19 heavy (non-hydrogen) atoms. The summed E-state index contributed by atoms with van der Waals surface area (Å²) in [7, 11) is 0. The number of para-hydroxylation sites is 1. The van der Waals surface area contributed by atoms with Crippen molar-refractivity contribution in [1.82, 2.24) is 9.55 Å². The first-order chi connectivity index (χ1) is 9.08. The molecule has 0 fully saturated rings. The maximum Gasteiger partial charge on any atom is 0.178 e. The van der Waals surface area contributed by atoms with Crippen LogP contribution in [-0.2, 0) is 0 Å². The van der Waals surface area contributed by atoms with Gasteiger partial charge in [-0.1, -0.05) is 12.1 Å². The van der Waals surface area contributed by atoms with E-state index in [0.29, 0.717) is 0 Å². The SMILES string of the molecule is Cc1ccc(C(C)n2c(=S)[nH]c3c(C)cccc32)o1. The number of aromatic amines is 1. The molecule has 2 heterocycles. The Kier molecular flexibility index (Phi) is 2.82. The third kappa shape index (κ3) is 1.92. The van der Waals surface area contributed by atoms with Crippen molar-refractivity contribution in [2.24, 2.45) is 0 Å². The smallest absolute Gasteiger partial charge is 0.178 e. The molecule has 98 valence electrons. The van der Waals surface area contributed by atoms with Gasteiger partial charge in [0, 0.05) is 0 Å². The standard InChI is InChI=1S/C15H16N2OS/c1-9-5-4-6-12-14(9)16-15(19)17(12)11(3)13-8-7-10(2)18-13/h4-8,11H,1-3H3,(H,16,19).